The monoisotopic (exact) mass is 730 g/mol. The van der Waals surface area contributed by atoms with E-state index < -0.39 is 0 Å². The van der Waals surface area contributed by atoms with Crippen LogP contribution in [0, 0.1) is 0 Å². The molecule has 3 nitrogen and oxygen atoms in total. The lowest BCUT2D eigenvalue weighted by Gasteiger charge is -2.28. The average Bonchev–Trinajstić information content (AvgIpc) is 3.76. The zero-order chi connectivity index (χ0) is 38.1. The van der Waals surface area contributed by atoms with Crippen LogP contribution in [-0.2, 0) is 5.41 Å². The van der Waals surface area contributed by atoms with Gasteiger partial charge in [-0.05, 0) is 127 Å². The van der Waals surface area contributed by atoms with Gasteiger partial charge in [0.2, 0.25) is 0 Å². The molecule has 2 heterocycles. The third kappa shape index (κ3) is 5.31. The molecule has 0 saturated carbocycles. The van der Waals surface area contributed by atoms with Crippen LogP contribution in [0.4, 0.5) is 17.1 Å². The summed E-state index contributed by atoms with van der Waals surface area (Å²) < 4.78 is 6.66. The highest BCUT2D eigenvalue weighted by atomic mass is 16.3. The van der Waals surface area contributed by atoms with E-state index in [0.29, 0.717) is 0 Å². The molecule has 1 aliphatic carbocycles. The number of anilines is 3. The molecule has 0 bridgehead atoms. The lowest BCUT2D eigenvalue weighted by Crippen LogP contribution is -2.16. The Bertz CT molecular complexity index is 3120. The average molecular weight is 731 g/mol. The molecule has 0 amide bonds. The maximum absolute atomic E-state index is 6.66. The molecule has 0 saturated heterocycles. The van der Waals surface area contributed by atoms with Crippen LogP contribution in [0.25, 0.3) is 77.2 Å². The van der Waals surface area contributed by atoms with E-state index in [2.05, 4.69) is 206 Å². The second-order valence-electron chi connectivity index (χ2n) is 15.6. The number of pyridine rings is 1. The Balaban J connectivity index is 1.05. The van der Waals surface area contributed by atoms with Gasteiger partial charge in [-0.1, -0.05) is 135 Å². The first kappa shape index (κ1) is 33.1. The van der Waals surface area contributed by atoms with Crippen molar-refractivity contribution in [3.8, 4) is 44.5 Å². The molecule has 0 unspecified atom stereocenters. The van der Waals surface area contributed by atoms with Crippen molar-refractivity contribution in [2.24, 2.45) is 0 Å². The highest BCUT2D eigenvalue weighted by molar-refractivity contribution is 6.25. The number of furan rings is 1. The molecule has 0 spiro atoms. The zero-order valence-corrected chi connectivity index (χ0v) is 31.8. The van der Waals surface area contributed by atoms with E-state index in [1.807, 2.05) is 12.4 Å². The molecular formula is C54H38N2O. The molecule has 270 valence electrons. The van der Waals surface area contributed by atoms with Crippen LogP contribution < -0.4 is 4.90 Å². The molecule has 0 aliphatic heterocycles. The fourth-order valence-electron chi connectivity index (χ4n) is 9.19. The molecule has 0 fully saturated rings. The Labute approximate surface area is 332 Å². The van der Waals surface area contributed by atoms with Crippen LogP contribution in [0.1, 0.15) is 25.0 Å². The molecular weight excluding hydrogens is 693 g/mol. The Morgan fingerprint density at radius 3 is 1.77 bits per heavy atom. The Kier molecular flexibility index (Phi) is 7.52. The Morgan fingerprint density at radius 2 is 1.00 bits per heavy atom. The molecule has 57 heavy (non-hydrogen) atoms. The molecule has 2 aromatic heterocycles. The van der Waals surface area contributed by atoms with Gasteiger partial charge in [0.05, 0.1) is 0 Å². The second kappa shape index (κ2) is 12.9. The van der Waals surface area contributed by atoms with E-state index in [4.69, 9.17) is 4.42 Å². The van der Waals surface area contributed by atoms with Gasteiger partial charge >= 0.3 is 0 Å². The largest absolute Gasteiger partial charge is 0.456 e. The van der Waals surface area contributed by atoms with Gasteiger partial charge < -0.3 is 9.32 Å². The number of aromatic nitrogens is 1. The smallest absolute Gasteiger partial charge is 0.136 e. The summed E-state index contributed by atoms with van der Waals surface area (Å²) in [6.07, 6.45) is 3.70. The van der Waals surface area contributed by atoms with Crippen molar-refractivity contribution in [2.75, 3.05) is 4.90 Å². The van der Waals surface area contributed by atoms with E-state index in [9.17, 15) is 0 Å². The van der Waals surface area contributed by atoms with Gasteiger partial charge in [0.1, 0.15) is 11.2 Å². The number of hydrogen-bond donors (Lipinski definition) is 0. The number of nitrogens with zero attached hydrogens (tertiary/aromatic N) is 2. The predicted molar refractivity (Wildman–Crippen MR) is 238 cm³/mol. The summed E-state index contributed by atoms with van der Waals surface area (Å²) in [5.41, 5.74) is 17.3. The van der Waals surface area contributed by atoms with Crippen molar-refractivity contribution in [3.05, 3.63) is 206 Å². The summed E-state index contributed by atoms with van der Waals surface area (Å²) in [7, 11) is 0. The third-order valence-electron chi connectivity index (χ3n) is 12.0. The summed E-state index contributed by atoms with van der Waals surface area (Å²) in [5.74, 6) is 0. The van der Waals surface area contributed by atoms with Gasteiger partial charge in [0, 0.05) is 45.6 Å². The normalized spacial score (nSPS) is 12.9. The van der Waals surface area contributed by atoms with E-state index in [1.54, 1.807) is 0 Å². The topological polar surface area (TPSA) is 29.3 Å². The van der Waals surface area contributed by atoms with Crippen LogP contribution >= 0.6 is 0 Å². The van der Waals surface area contributed by atoms with Crippen molar-refractivity contribution >= 4 is 49.8 Å². The van der Waals surface area contributed by atoms with Crippen molar-refractivity contribution in [1.82, 2.24) is 4.98 Å². The van der Waals surface area contributed by atoms with Gasteiger partial charge in [0.15, 0.2) is 0 Å². The maximum atomic E-state index is 6.66. The van der Waals surface area contributed by atoms with Crippen LogP contribution in [0.5, 0.6) is 0 Å². The minimum Gasteiger partial charge on any atom is -0.456 e. The Hall–Kier alpha value is -7.23. The fourth-order valence-corrected chi connectivity index (χ4v) is 9.19. The minimum absolute atomic E-state index is 0.107. The second-order valence-corrected chi connectivity index (χ2v) is 15.6. The van der Waals surface area contributed by atoms with Gasteiger partial charge in [-0.25, -0.2) is 0 Å². The zero-order valence-electron chi connectivity index (χ0n) is 31.8. The third-order valence-corrected chi connectivity index (χ3v) is 12.0. The molecule has 10 aromatic rings. The minimum atomic E-state index is -0.107. The highest BCUT2D eigenvalue weighted by Crippen LogP contribution is 2.51. The van der Waals surface area contributed by atoms with Crippen LogP contribution in [0.2, 0.25) is 0 Å². The van der Waals surface area contributed by atoms with Crippen LogP contribution in [-0.4, -0.2) is 4.98 Å². The van der Waals surface area contributed by atoms with Crippen LogP contribution in [0.3, 0.4) is 0 Å². The molecule has 8 aromatic carbocycles. The standard InChI is InChI=1S/C54H38N2O/c1-54(2)48-17-9-8-14-44(48)45-28-27-41(33-49(45)54)56(39-23-19-36(20-24-39)35-11-4-3-5-12-35)40-25-21-37(22-26-40)47-34-51-53(46-15-7-6-13-43(46)47)52-42(16-10-18-50(52)57-51)38-29-31-55-32-30-38/h3-34H,1-2H3. The van der Waals surface area contributed by atoms with E-state index in [1.165, 1.54) is 44.2 Å². The van der Waals surface area contributed by atoms with E-state index in [0.717, 1.165) is 61.3 Å². The first-order chi connectivity index (χ1) is 28.0. The quantitative estimate of drug-likeness (QED) is 0.171. The van der Waals surface area contributed by atoms with Gasteiger partial charge in [-0.3, -0.25) is 4.98 Å². The fraction of sp³-hybridized carbons (Fsp3) is 0.0556. The molecule has 0 radical (unpaired) electrons. The molecule has 3 heteroatoms. The van der Waals surface area contributed by atoms with E-state index >= 15 is 0 Å². The van der Waals surface area contributed by atoms with Crippen molar-refractivity contribution < 1.29 is 4.42 Å². The van der Waals surface area contributed by atoms with Gasteiger partial charge in [0.25, 0.3) is 0 Å². The molecule has 0 atom stereocenters. The number of fused-ring (bicyclic) bond motifs is 8. The molecule has 1 aliphatic rings. The van der Waals surface area contributed by atoms with Crippen molar-refractivity contribution in [2.45, 2.75) is 19.3 Å². The maximum Gasteiger partial charge on any atom is 0.136 e. The van der Waals surface area contributed by atoms with Gasteiger partial charge in [-0.15, -0.1) is 0 Å². The summed E-state index contributed by atoms with van der Waals surface area (Å²) >= 11 is 0. The number of rotatable bonds is 6. The highest BCUT2D eigenvalue weighted by Gasteiger charge is 2.35. The van der Waals surface area contributed by atoms with E-state index in [-0.39, 0.29) is 5.41 Å². The summed E-state index contributed by atoms with van der Waals surface area (Å²) in [6, 6.07) is 65.8. The van der Waals surface area contributed by atoms with Crippen molar-refractivity contribution in [3.63, 3.8) is 0 Å². The predicted octanol–water partition coefficient (Wildman–Crippen LogP) is 14.9. The summed E-state index contributed by atoms with van der Waals surface area (Å²) in [4.78, 5) is 6.65. The lowest BCUT2D eigenvalue weighted by atomic mass is 9.82. The molecule has 11 rings (SSSR count). The SMILES string of the molecule is CC1(C)c2ccccc2-c2ccc(N(c3ccc(-c4ccccc4)cc3)c3ccc(-c4cc5oc6cccc(-c7ccncc7)c6c5c5ccccc45)cc3)cc21. The summed E-state index contributed by atoms with van der Waals surface area (Å²) in [5, 5.41) is 4.64. The van der Waals surface area contributed by atoms with Crippen molar-refractivity contribution in [1.29, 1.82) is 0 Å². The molecule has 0 N–H and O–H groups in total. The van der Waals surface area contributed by atoms with Crippen LogP contribution in [0.15, 0.2) is 199 Å². The Morgan fingerprint density at radius 1 is 0.404 bits per heavy atom. The number of benzene rings is 8. The lowest BCUT2D eigenvalue weighted by molar-refractivity contribution is 0.660. The first-order valence-electron chi connectivity index (χ1n) is 19.6. The summed E-state index contributed by atoms with van der Waals surface area (Å²) in [6.45, 7) is 4.69. The van der Waals surface area contributed by atoms with Gasteiger partial charge in [-0.2, -0.15) is 0 Å². The number of hydrogen-bond acceptors (Lipinski definition) is 3. The first-order valence-corrected chi connectivity index (χ1v) is 19.6.